The van der Waals surface area contributed by atoms with Crippen molar-refractivity contribution < 1.29 is 31.8 Å². The number of aryl methyl sites for hydroxylation is 1. The number of fused-ring (bicyclic) bond motifs is 3. The highest BCUT2D eigenvalue weighted by atomic mass is 35.5. The Hall–Kier alpha value is -3.91. The zero-order valence-corrected chi connectivity index (χ0v) is 25.3. The van der Waals surface area contributed by atoms with Crippen LogP contribution in [0.3, 0.4) is 0 Å². The molecule has 6 rings (SSSR count). The van der Waals surface area contributed by atoms with Gasteiger partial charge in [-0.05, 0) is 54.8 Å². The molecule has 2 aliphatic rings. The van der Waals surface area contributed by atoms with Crippen LogP contribution in [0.15, 0.2) is 53.7 Å². The number of benzene rings is 1. The zero-order chi connectivity index (χ0) is 30.8. The number of methoxy groups -OCH3 is 1. The summed E-state index contributed by atoms with van der Waals surface area (Å²) in [7, 11) is -2.74. The average Bonchev–Trinajstić information content (AvgIpc) is 3.14. The first-order valence-corrected chi connectivity index (χ1v) is 15.9. The molecule has 44 heavy (non-hydrogen) atoms. The fourth-order valence-corrected chi connectivity index (χ4v) is 6.86. The summed E-state index contributed by atoms with van der Waals surface area (Å²) in [5, 5.41) is 3.56. The molecular weight excluding hydrogens is 613 g/mol. The molecule has 2 aliphatic heterocycles. The fourth-order valence-electron chi connectivity index (χ4n) is 5.17. The van der Waals surface area contributed by atoms with Gasteiger partial charge >= 0.3 is 0 Å². The maximum absolute atomic E-state index is 14.3. The van der Waals surface area contributed by atoms with Gasteiger partial charge in [-0.15, -0.1) is 0 Å². The van der Waals surface area contributed by atoms with Gasteiger partial charge in [-0.2, -0.15) is 0 Å². The standard InChI is InChI=1S/C30H29ClFN5O6S/c1-41-7-8-43-22-9-18-3-2-6-37(29(18)34-15-22)28-5-4-19-13-33-21(12-25(19)36-28)14-35-30(38)20-10-24(31)23-16-42-17-27(32)44(39,40)26(23)11-20/h4-5,9-13,15,27H,2-3,6-8,14,16-17H2,1H3,(H,35,38)/t27-/m1/s1. The molecule has 0 saturated carbocycles. The first-order chi connectivity index (χ1) is 21.2. The molecule has 230 valence electrons. The Morgan fingerprint density at radius 1 is 1.18 bits per heavy atom. The van der Waals surface area contributed by atoms with Crippen LogP contribution in [0.25, 0.3) is 10.9 Å². The van der Waals surface area contributed by atoms with Crippen LogP contribution in [0.1, 0.15) is 33.6 Å². The number of alkyl halides is 1. The Balaban J connectivity index is 1.20. The van der Waals surface area contributed by atoms with Crippen molar-refractivity contribution in [3.63, 3.8) is 0 Å². The maximum atomic E-state index is 14.3. The number of halogens is 2. The molecule has 1 aromatic carbocycles. The van der Waals surface area contributed by atoms with Crippen molar-refractivity contribution in [3.8, 4) is 5.75 Å². The highest BCUT2D eigenvalue weighted by Crippen LogP contribution is 2.34. The van der Waals surface area contributed by atoms with Gasteiger partial charge in [0.15, 0.2) is 0 Å². The van der Waals surface area contributed by atoms with Gasteiger partial charge in [-0.3, -0.25) is 9.78 Å². The van der Waals surface area contributed by atoms with Crippen LogP contribution in [0.2, 0.25) is 5.02 Å². The van der Waals surface area contributed by atoms with Crippen molar-refractivity contribution in [2.75, 3.05) is 38.4 Å². The summed E-state index contributed by atoms with van der Waals surface area (Å²) in [5.41, 5.74) is 0.160. The van der Waals surface area contributed by atoms with Crippen LogP contribution in [-0.2, 0) is 38.9 Å². The zero-order valence-electron chi connectivity index (χ0n) is 23.8. The lowest BCUT2D eigenvalue weighted by molar-refractivity contribution is 0.0947. The van der Waals surface area contributed by atoms with Crippen molar-refractivity contribution in [2.45, 2.75) is 36.4 Å². The lowest BCUT2D eigenvalue weighted by atomic mass is 10.1. The molecule has 1 N–H and O–H groups in total. The maximum Gasteiger partial charge on any atom is 0.251 e. The topological polar surface area (TPSA) is 133 Å². The minimum absolute atomic E-state index is 0.00880. The molecule has 11 nitrogen and oxygen atoms in total. The average molecular weight is 642 g/mol. The third-order valence-electron chi connectivity index (χ3n) is 7.43. The molecular formula is C30H29ClFN5O6S. The summed E-state index contributed by atoms with van der Waals surface area (Å²) in [6, 6.07) is 10.1. The molecule has 0 bridgehead atoms. The molecule has 4 aromatic rings. The minimum atomic E-state index is -4.36. The number of pyridine rings is 3. The van der Waals surface area contributed by atoms with Crippen molar-refractivity contribution in [1.82, 2.24) is 20.3 Å². The molecule has 0 radical (unpaired) electrons. The van der Waals surface area contributed by atoms with Gasteiger partial charge in [0.2, 0.25) is 15.3 Å². The predicted octanol–water partition coefficient (Wildman–Crippen LogP) is 4.32. The van der Waals surface area contributed by atoms with Crippen molar-refractivity contribution in [1.29, 1.82) is 0 Å². The van der Waals surface area contributed by atoms with Crippen LogP contribution in [0.5, 0.6) is 5.75 Å². The Morgan fingerprint density at radius 2 is 2.05 bits per heavy atom. The minimum Gasteiger partial charge on any atom is -0.490 e. The molecule has 14 heteroatoms. The van der Waals surface area contributed by atoms with E-state index in [2.05, 4.69) is 20.2 Å². The second kappa shape index (κ2) is 12.6. The van der Waals surface area contributed by atoms with Crippen molar-refractivity contribution in [2.24, 2.45) is 0 Å². The molecule has 0 unspecified atom stereocenters. The molecule has 0 saturated heterocycles. The van der Waals surface area contributed by atoms with Crippen LogP contribution < -0.4 is 15.0 Å². The highest BCUT2D eigenvalue weighted by molar-refractivity contribution is 7.92. The van der Waals surface area contributed by atoms with E-state index in [1.54, 1.807) is 25.6 Å². The molecule has 5 heterocycles. The monoisotopic (exact) mass is 641 g/mol. The summed E-state index contributed by atoms with van der Waals surface area (Å²) < 4.78 is 55.4. The number of aromatic nitrogens is 3. The van der Waals surface area contributed by atoms with E-state index in [1.165, 1.54) is 6.07 Å². The number of sulfone groups is 1. The van der Waals surface area contributed by atoms with Gasteiger partial charge in [-0.1, -0.05) is 11.6 Å². The molecule has 0 aliphatic carbocycles. The molecule has 1 amide bonds. The molecule has 1 atom stereocenters. The number of rotatable bonds is 8. The summed E-state index contributed by atoms with van der Waals surface area (Å²) >= 11 is 6.28. The van der Waals surface area contributed by atoms with Gasteiger partial charge in [-0.25, -0.2) is 22.8 Å². The van der Waals surface area contributed by atoms with Gasteiger partial charge in [0, 0.05) is 41.4 Å². The number of carbonyl (C=O) groups is 1. The quantitative estimate of drug-likeness (QED) is 0.277. The van der Waals surface area contributed by atoms with E-state index in [0.717, 1.165) is 48.0 Å². The van der Waals surface area contributed by atoms with Gasteiger partial charge in [0.05, 0.1) is 48.7 Å². The number of ether oxygens (including phenoxy) is 3. The van der Waals surface area contributed by atoms with Gasteiger partial charge in [0.1, 0.15) is 24.0 Å². The number of nitrogens with zero attached hydrogens (tertiary/aromatic N) is 4. The fraction of sp³-hybridized carbons (Fsp3) is 0.333. The smallest absolute Gasteiger partial charge is 0.251 e. The van der Waals surface area contributed by atoms with Crippen LogP contribution in [-0.4, -0.2) is 68.3 Å². The Morgan fingerprint density at radius 3 is 2.89 bits per heavy atom. The second-order valence-electron chi connectivity index (χ2n) is 10.4. The predicted molar refractivity (Wildman–Crippen MR) is 161 cm³/mol. The number of hydrogen-bond acceptors (Lipinski definition) is 10. The number of amides is 1. The van der Waals surface area contributed by atoms with E-state index in [1.807, 2.05) is 18.2 Å². The van der Waals surface area contributed by atoms with Gasteiger partial charge < -0.3 is 24.4 Å². The van der Waals surface area contributed by atoms with Crippen molar-refractivity contribution >= 4 is 49.9 Å². The SMILES string of the molecule is COCCOc1cnc2c(c1)CCCN2c1ccc2cnc(CNC(=O)c3cc(Cl)c4c(c3)S(=O)(=O)[C@@H](F)COC4)cc2n1. The number of anilines is 2. The molecule has 0 fully saturated rings. The third kappa shape index (κ3) is 6.05. The van der Waals surface area contributed by atoms with E-state index >= 15 is 0 Å². The van der Waals surface area contributed by atoms with E-state index in [0.29, 0.717) is 30.2 Å². The lowest BCUT2D eigenvalue weighted by Gasteiger charge is -2.29. The van der Waals surface area contributed by atoms with Gasteiger partial charge in [0.25, 0.3) is 5.91 Å². The summed E-state index contributed by atoms with van der Waals surface area (Å²) in [5.74, 6) is 1.67. The summed E-state index contributed by atoms with van der Waals surface area (Å²) in [6.07, 6.45) is 5.18. The number of hydrogen-bond donors (Lipinski definition) is 1. The Labute approximate surface area is 258 Å². The number of carbonyl (C=O) groups excluding carboxylic acids is 1. The van der Waals surface area contributed by atoms with E-state index in [4.69, 9.17) is 30.8 Å². The van der Waals surface area contributed by atoms with Crippen LogP contribution >= 0.6 is 11.6 Å². The second-order valence-corrected chi connectivity index (χ2v) is 12.8. The summed E-state index contributed by atoms with van der Waals surface area (Å²) in [6.45, 7) is 0.955. The highest BCUT2D eigenvalue weighted by Gasteiger charge is 2.34. The molecule has 0 spiro atoms. The summed E-state index contributed by atoms with van der Waals surface area (Å²) in [4.78, 5) is 28.7. The van der Waals surface area contributed by atoms with Crippen LogP contribution in [0.4, 0.5) is 16.0 Å². The van der Waals surface area contributed by atoms with E-state index in [-0.39, 0.29) is 34.2 Å². The third-order valence-corrected chi connectivity index (χ3v) is 9.56. The van der Waals surface area contributed by atoms with Crippen LogP contribution in [0, 0.1) is 0 Å². The lowest BCUT2D eigenvalue weighted by Crippen LogP contribution is -2.26. The van der Waals surface area contributed by atoms with Crippen molar-refractivity contribution in [3.05, 3.63) is 76.2 Å². The Kier molecular flexibility index (Phi) is 8.63. The first kappa shape index (κ1) is 30.1. The normalized spacial score (nSPS) is 17.4. The Bertz CT molecular complexity index is 1840. The van der Waals surface area contributed by atoms with E-state index < -0.39 is 27.9 Å². The first-order valence-electron chi connectivity index (χ1n) is 13.9. The largest absolute Gasteiger partial charge is 0.490 e. The van der Waals surface area contributed by atoms with E-state index in [9.17, 15) is 17.6 Å². The molecule has 3 aromatic heterocycles. The number of nitrogens with one attached hydrogen (secondary N) is 1.